The minimum atomic E-state index is 0.241. The lowest BCUT2D eigenvalue weighted by Gasteiger charge is -2.33. The Morgan fingerprint density at radius 3 is 3.07 bits per heavy atom. The highest BCUT2D eigenvalue weighted by atomic mass is 16.4. The molecular formula is C11H19N3O. The second-order valence-electron chi connectivity index (χ2n) is 4.38. The molecule has 1 aliphatic rings. The van der Waals surface area contributed by atoms with Crippen molar-refractivity contribution in [2.24, 2.45) is 5.73 Å². The molecule has 1 fully saturated rings. The second-order valence-corrected chi connectivity index (χ2v) is 4.38. The Morgan fingerprint density at radius 1 is 1.67 bits per heavy atom. The van der Waals surface area contributed by atoms with Crippen molar-refractivity contribution < 1.29 is 4.42 Å². The van der Waals surface area contributed by atoms with Crippen LogP contribution in [0.5, 0.6) is 0 Å². The summed E-state index contributed by atoms with van der Waals surface area (Å²) in [6.07, 6.45) is 4.08. The first-order valence-corrected chi connectivity index (χ1v) is 5.59. The molecule has 0 saturated carbocycles. The summed E-state index contributed by atoms with van der Waals surface area (Å²) in [6, 6.07) is 0.544. The van der Waals surface area contributed by atoms with Gasteiger partial charge in [-0.25, -0.2) is 4.98 Å². The molecule has 2 rings (SSSR count). The van der Waals surface area contributed by atoms with Gasteiger partial charge in [0.2, 0.25) is 5.89 Å². The van der Waals surface area contributed by atoms with Crippen LogP contribution in [-0.2, 0) is 0 Å². The van der Waals surface area contributed by atoms with E-state index in [9.17, 15) is 0 Å². The van der Waals surface area contributed by atoms with Crippen molar-refractivity contribution >= 4 is 0 Å². The maximum absolute atomic E-state index is 5.95. The average Bonchev–Trinajstić information content (AvgIpc) is 2.64. The molecule has 1 saturated heterocycles. The summed E-state index contributed by atoms with van der Waals surface area (Å²) in [5.41, 5.74) is 5.95. The molecule has 1 aliphatic heterocycles. The van der Waals surface area contributed by atoms with Crippen LogP contribution in [0, 0.1) is 6.92 Å². The van der Waals surface area contributed by atoms with Gasteiger partial charge in [0.05, 0.1) is 12.2 Å². The van der Waals surface area contributed by atoms with Crippen LogP contribution < -0.4 is 5.73 Å². The van der Waals surface area contributed by atoms with E-state index in [1.165, 1.54) is 6.42 Å². The van der Waals surface area contributed by atoms with Crippen molar-refractivity contribution in [3.63, 3.8) is 0 Å². The maximum Gasteiger partial charge on any atom is 0.211 e. The number of likely N-dealkylation sites (tertiary alicyclic amines) is 1. The first-order valence-electron chi connectivity index (χ1n) is 5.59. The Labute approximate surface area is 90.5 Å². The number of hydrogen-bond donors (Lipinski definition) is 1. The third-order valence-corrected chi connectivity index (χ3v) is 3.03. The quantitative estimate of drug-likeness (QED) is 0.801. The molecule has 1 aromatic heterocycles. The van der Waals surface area contributed by atoms with Gasteiger partial charge in [-0.05, 0) is 33.2 Å². The fourth-order valence-corrected chi connectivity index (χ4v) is 2.11. The third kappa shape index (κ3) is 2.38. The van der Waals surface area contributed by atoms with Crippen LogP contribution in [-0.4, -0.2) is 29.0 Å². The van der Waals surface area contributed by atoms with Crippen molar-refractivity contribution in [2.45, 2.75) is 38.8 Å². The predicted molar refractivity (Wildman–Crippen MR) is 58.4 cm³/mol. The standard InChI is InChI=1S/C11H19N3O/c1-8-6-13-11(15-8)9(2)14-5-3-4-10(12)7-14/h6,9-10H,3-5,7,12H2,1-2H3. The lowest BCUT2D eigenvalue weighted by atomic mass is 10.1. The fraction of sp³-hybridized carbons (Fsp3) is 0.727. The largest absolute Gasteiger partial charge is 0.444 e. The summed E-state index contributed by atoms with van der Waals surface area (Å²) in [7, 11) is 0. The van der Waals surface area contributed by atoms with Gasteiger partial charge in [-0.15, -0.1) is 0 Å². The van der Waals surface area contributed by atoms with E-state index in [0.717, 1.165) is 31.2 Å². The van der Waals surface area contributed by atoms with E-state index in [1.807, 2.05) is 6.92 Å². The number of aromatic nitrogens is 1. The highest BCUT2D eigenvalue weighted by Crippen LogP contribution is 2.23. The van der Waals surface area contributed by atoms with Crippen LogP contribution in [0.4, 0.5) is 0 Å². The molecular weight excluding hydrogens is 190 g/mol. The predicted octanol–water partition coefficient (Wildman–Crippen LogP) is 1.47. The number of oxazole rings is 1. The average molecular weight is 209 g/mol. The topological polar surface area (TPSA) is 55.3 Å². The van der Waals surface area contributed by atoms with Gasteiger partial charge in [-0.3, -0.25) is 4.90 Å². The van der Waals surface area contributed by atoms with E-state index in [0.29, 0.717) is 6.04 Å². The first kappa shape index (κ1) is 10.6. The summed E-state index contributed by atoms with van der Waals surface area (Å²) >= 11 is 0. The number of nitrogens with two attached hydrogens (primary N) is 1. The summed E-state index contributed by atoms with van der Waals surface area (Å²) < 4.78 is 5.54. The normalized spacial score (nSPS) is 25.4. The van der Waals surface area contributed by atoms with Crippen LogP contribution in [0.15, 0.2) is 10.6 Å². The van der Waals surface area contributed by atoms with Crippen molar-refractivity contribution in [3.8, 4) is 0 Å². The molecule has 2 N–H and O–H groups in total. The highest BCUT2D eigenvalue weighted by molar-refractivity contribution is 4.96. The van der Waals surface area contributed by atoms with Gasteiger partial charge in [0.1, 0.15) is 5.76 Å². The van der Waals surface area contributed by atoms with Crippen molar-refractivity contribution in [1.82, 2.24) is 9.88 Å². The lowest BCUT2D eigenvalue weighted by Crippen LogP contribution is -2.43. The molecule has 4 nitrogen and oxygen atoms in total. The zero-order chi connectivity index (χ0) is 10.8. The van der Waals surface area contributed by atoms with E-state index in [-0.39, 0.29) is 6.04 Å². The molecule has 2 unspecified atom stereocenters. The van der Waals surface area contributed by atoms with E-state index in [2.05, 4.69) is 16.8 Å². The van der Waals surface area contributed by atoms with E-state index < -0.39 is 0 Å². The van der Waals surface area contributed by atoms with Crippen LogP contribution in [0.25, 0.3) is 0 Å². The van der Waals surface area contributed by atoms with Crippen LogP contribution in [0.2, 0.25) is 0 Å². The number of nitrogens with zero attached hydrogens (tertiary/aromatic N) is 2. The summed E-state index contributed by atoms with van der Waals surface area (Å²) in [5, 5.41) is 0. The lowest BCUT2D eigenvalue weighted by molar-refractivity contribution is 0.139. The minimum Gasteiger partial charge on any atom is -0.444 e. The van der Waals surface area contributed by atoms with E-state index in [4.69, 9.17) is 10.2 Å². The molecule has 0 spiro atoms. The van der Waals surface area contributed by atoms with E-state index >= 15 is 0 Å². The van der Waals surface area contributed by atoms with Crippen LogP contribution in [0.3, 0.4) is 0 Å². The third-order valence-electron chi connectivity index (χ3n) is 3.03. The van der Waals surface area contributed by atoms with Crippen molar-refractivity contribution in [1.29, 1.82) is 0 Å². The monoisotopic (exact) mass is 209 g/mol. The van der Waals surface area contributed by atoms with Gasteiger partial charge in [0.25, 0.3) is 0 Å². The number of piperidine rings is 1. The molecule has 15 heavy (non-hydrogen) atoms. The molecule has 4 heteroatoms. The molecule has 0 amide bonds. The van der Waals surface area contributed by atoms with Crippen LogP contribution in [0.1, 0.15) is 37.5 Å². The Kier molecular flexibility index (Phi) is 3.07. The molecule has 2 heterocycles. The summed E-state index contributed by atoms with van der Waals surface area (Å²) in [6.45, 7) is 6.09. The van der Waals surface area contributed by atoms with Crippen molar-refractivity contribution in [2.75, 3.05) is 13.1 Å². The molecule has 0 aliphatic carbocycles. The van der Waals surface area contributed by atoms with Gasteiger partial charge < -0.3 is 10.2 Å². The smallest absolute Gasteiger partial charge is 0.211 e. The fourth-order valence-electron chi connectivity index (χ4n) is 2.11. The summed E-state index contributed by atoms with van der Waals surface area (Å²) in [5.74, 6) is 1.68. The Bertz CT molecular complexity index is 323. The van der Waals surface area contributed by atoms with Gasteiger partial charge in [0.15, 0.2) is 0 Å². The zero-order valence-corrected chi connectivity index (χ0v) is 9.44. The molecule has 1 aromatic rings. The molecule has 0 bridgehead atoms. The molecule has 0 radical (unpaired) electrons. The van der Waals surface area contributed by atoms with Gasteiger partial charge in [0, 0.05) is 12.6 Å². The van der Waals surface area contributed by atoms with Gasteiger partial charge >= 0.3 is 0 Å². The van der Waals surface area contributed by atoms with E-state index in [1.54, 1.807) is 6.20 Å². The van der Waals surface area contributed by atoms with Crippen LogP contribution >= 0.6 is 0 Å². The second kappa shape index (κ2) is 4.33. The molecule has 84 valence electrons. The maximum atomic E-state index is 5.95. The summed E-state index contributed by atoms with van der Waals surface area (Å²) in [4.78, 5) is 6.61. The first-order chi connectivity index (χ1) is 7.16. The Balaban J connectivity index is 2.03. The molecule has 2 atom stereocenters. The minimum absolute atomic E-state index is 0.241. The number of hydrogen-bond acceptors (Lipinski definition) is 4. The SMILES string of the molecule is Cc1cnc(C(C)N2CCCC(N)C2)o1. The van der Waals surface area contributed by atoms with Gasteiger partial charge in [-0.1, -0.05) is 0 Å². The highest BCUT2D eigenvalue weighted by Gasteiger charge is 2.24. The van der Waals surface area contributed by atoms with Gasteiger partial charge in [-0.2, -0.15) is 0 Å². The Morgan fingerprint density at radius 2 is 2.47 bits per heavy atom. The van der Waals surface area contributed by atoms with Crippen molar-refractivity contribution in [3.05, 3.63) is 17.8 Å². The zero-order valence-electron chi connectivity index (χ0n) is 9.44. The number of aryl methyl sites for hydroxylation is 1. The molecule has 0 aromatic carbocycles. The number of rotatable bonds is 2. The Hall–Kier alpha value is -0.870.